The number of aliphatic hydroxyl groups excluding tert-OH is 1. The number of thioether (sulfide) groups is 1. The van der Waals surface area contributed by atoms with Crippen LogP contribution in [0, 0.1) is 11.8 Å². The molecule has 8 heteroatoms. The molecule has 3 aliphatic rings. The number of carbonyl (C=O) groups excluding carboxylic acids is 3. The molecule has 6 atom stereocenters. The van der Waals surface area contributed by atoms with E-state index in [-0.39, 0.29) is 30.4 Å². The molecule has 1 N–H and O–H groups in total. The average Bonchev–Trinajstić information content (AvgIpc) is 3.46. The maximum absolute atomic E-state index is 14.5. The summed E-state index contributed by atoms with van der Waals surface area (Å²) in [7, 11) is 1.74. The van der Waals surface area contributed by atoms with Crippen LogP contribution < -0.4 is 0 Å². The summed E-state index contributed by atoms with van der Waals surface area (Å²) < 4.78 is -1.16. The monoisotopic (exact) mass is 539 g/mol. The lowest BCUT2D eigenvalue weighted by atomic mass is 9.66. The van der Waals surface area contributed by atoms with Crippen molar-refractivity contribution in [2.75, 3.05) is 26.7 Å². The van der Waals surface area contributed by atoms with Gasteiger partial charge in [0, 0.05) is 30.9 Å². The molecule has 206 valence electrons. The molecule has 7 nitrogen and oxygen atoms in total. The molecule has 3 amide bonds. The quantitative estimate of drug-likeness (QED) is 0.437. The zero-order chi connectivity index (χ0) is 27.8. The van der Waals surface area contributed by atoms with E-state index in [1.807, 2.05) is 44.2 Å². The first-order chi connectivity index (χ1) is 18.1. The number of fused-ring (bicyclic) bond motifs is 1. The van der Waals surface area contributed by atoms with E-state index in [4.69, 9.17) is 0 Å². The molecule has 3 heterocycles. The summed E-state index contributed by atoms with van der Waals surface area (Å²) in [5, 5.41) is 10.6. The second-order valence-corrected chi connectivity index (χ2v) is 13.3. The number of likely N-dealkylation sites (N-methyl/N-ethyl adjacent to an activating group) is 1. The summed E-state index contributed by atoms with van der Waals surface area (Å²) in [5.41, 5.74) is 0.981. The normalized spacial score (nSPS) is 30.3. The van der Waals surface area contributed by atoms with Gasteiger partial charge in [0.1, 0.15) is 6.04 Å². The first kappa shape index (κ1) is 28.4. The highest BCUT2D eigenvalue weighted by Crippen LogP contribution is 2.72. The van der Waals surface area contributed by atoms with Gasteiger partial charge in [0.05, 0.1) is 29.2 Å². The SMILES string of the molecule is C=CCN(C)C(=O)[C@@H]1[C@H]2C(=O)N([C@@H](CO)Cc3ccccc3)C(C(=O)N(CC=C)C(C)C)C23CC[C@@]1(C)S3. The van der Waals surface area contributed by atoms with Gasteiger partial charge in [0.25, 0.3) is 0 Å². The van der Waals surface area contributed by atoms with Crippen LogP contribution in [0.4, 0.5) is 0 Å². The predicted octanol–water partition coefficient (Wildman–Crippen LogP) is 3.14. The largest absolute Gasteiger partial charge is 0.394 e. The minimum Gasteiger partial charge on any atom is -0.394 e. The molecular formula is C30H41N3O4S. The van der Waals surface area contributed by atoms with Gasteiger partial charge in [-0.05, 0) is 45.6 Å². The van der Waals surface area contributed by atoms with Gasteiger partial charge in [-0.25, -0.2) is 0 Å². The van der Waals surface area contributed by atoms with E-state index in [0.717, 1.165) is 12.0 Å². The Morgan fingerprint density at radius 1 is 1.16 bits per heavy atom. The van der Waals surface area contributed by atoms with E-state index >= 15 is 0 Å². The smallest absolute Gasteiger partial charge is 0.247 e. The first-order valence-electron chi connectivity index (χ1n) is 13.5. The van der Waals surface area contributed by atoms with E-state index < -0.39 is 33.4 Å². The van der Waals surface area contributed by atoms with Crippen LogP contribution in [0.3, 0.4) is 0 Å². The molecule has 0 saturated carbocycles. The Balaban J connectivity index is 1.83. The van der Waals surface area contributed by atoms with Crippen LogP contribution in [0.15, 0.2) is 55.6 Å². The number of likely N-dealkylation sites (tertiary alicyclic amines) is 1. The van der Waals surface area contributed by atoms with Gasteiger partial charge in [-0.15, -0.1) is 24.9 Å². The van der Waals surface area contributed by atoms with Crippen molar-refractivity contribution in [3.05, 3.63) is 61.2 Å². The highest BCUT2D eigenvalue weighted by Gasteiger charge is 2.78. The van der Waals surface area contributed by atoms with Crippen LogP contribution in [0.2, 0.25) is 0 Å². The molecule has 38 heavy (non-hydrogen) atoms. The van der Waals surface area contributed by atoms with Gasteiger partial charge < -0.3 is 19.8 Å². The molecule has 3 saturated heterocycles. The van der Waals surface area contributed by atoms with E-state index in [1.54, 1.807) is 45.7 Å². The number of aliphatic hydroxyl groups is 1. The Bertz CT molecular complexity index is 1090. The van der Waals surface area contributed by atoms with Crippen LogP contribution >= 0.6 is 11.8 Å². The van der Waals surface area contributed by atoms with E-state index in [0.29, 0.717) is 25.9 Å². The second-order valence-electron chi connectivity index (χ2n) is 11.4. The summed E-state index contributed by atoms with van der Waals surface area (Å²) in [6, 6.07) is 8.28. The molecular weight excluding hydrogens is 498 g/mol. The van der Waals surface area contributed by atoms with Crippen LogP contribution in [-0.4, -0.2) is 91.9 Å². The van der Waals surface area contributed by atoms with Crippen LogP contribution in [0.25, 0.3) is 0 Å². The fraction of sp³-hybridized carbons (Fsp3) is 0.567. The number of hydrogen-bond donors (Lipinski definition) is 1. The van der Waals surface area contributed by atoms with Crippen molar-refractivity contribution in [1.29, 1.82) is 0 Å². The molecule has 2 unspecified atom stereocenters. The molecule has 0 aromatic heterocycles. The highest BCUT2D eigenvalue weighted by atomic mass is 32.2. The summed E-state index contributed by atoms with van der Waals surface area (Å²) in [6.07, 6.45) is 5.25. The summed E-state index contributed by atoms with van der Waals surface area (Å²) in [4.78, 5) is 47.8. The fourth-order valence-electron chi connectivity index (χ4n) is 6.92. The zero-order valence-corrected chi connectivity index (χ0v) is 23.8. The standard InChI is InChI=1S/C30H41N3O4S/c1-7-16-31(6)26(35)23-24-27(36)33(22(19-34)18-21-12-10-9-11-13-21)25(28(37)32(17-8-2)20(3)4)30(24)15-14-29(23,5)38-30/h7-13,20,22-25,34H,1-2,14-19H2,3-6H3/t22-,23+,24+,25?,29-,30?/m1/s1. The van der Waals surface area contributed by atoms with Gasteiger partial charge in [0.15, 0.2) is 0 Å². The maximum Gasteiger partial charge on any atom is 0.247 e. The van der Waals surface area contributed by atoms with Crippen molar-refractivity contribution in [2.24, 2.45) is 11.8 Å². The van der Waals surface area contributed by atoms with Crippen LogP contribution in [-0.2, 0) is 20.8 Å². The van der Waals surface area contributed by atoms with Crippen molar-refractivity contribution in [2.45, 2.75) is 67.7 Å². The minimum absolute atomic E-state index is 0.0803. The zero-order valence-electron chi connectivity index (χ0n) is 23.0. The van der Waals surface area contributed by atoms with Crippen LogP contribution in [0.5, 0.6) is 0 Å². The molecule has 3 fully saturated rings. The van der Waals surface area contributed by atoms with Crippen molar-refractivity contribution >= 4 is 29.5 Å². The summed E-state index contributed by atoms with van der Waals surface area (Å²) >= 11 is 1.66. The third kappa shape index (κ3) is 4.49. The Morgan fingerprint density at radius 3 is 2.39 bits per heavy atom. The molecule has 3 aliphatic heterocycles. The number of amides is 3. The Hall–Kier alpha value is -2.58. The van der Waals surface area contributed by atoms with Gasteiger partial charge in [-0.3, -0.25) is 14.4 Å². The maximum atomic E-state index is 14.5. The molecule has 1 aromatic carbocycles. The van der Waals surface area contributed by atoms with Crippen molar-refractivity contribution in [1.82, 2.24) is 14.7 Å². The first-order valence-corrected chi connectivity index (χ1v) is 14.3. The van der Waals surface area contributed by atoms with Gasteiger partial charge in [-0.1, -0.05) is 42.5 Å². The lowest BCUT2D eigenvalue weighted by Gasteiger charge is -2.40. The topological polar surface area (TPSA) is 81.2 Å². The Labute approximate surface area is 230 Å². The predicted molar refractivity (Wildman–Crippen MR) is 151 cm³/mol. The molecule has 1 spiro atoms. The van der Waals surface area contributed by atoms with Crippen molar-refractivity contribution in [3.63, 3.8) is 0 Å². The average molecular weight is 540 g/mol. The Morgan fingerprint density at radius 2 is 1.82 bits per heavy atom. The van der Waals surface area contributed by atoms with E-state index in [9.17, 15) is 19.5 Å². The third-order valence-corrected chi connectivity index (χ3v) is 10.6. The Kier molecular flexibility index (Phi) is 8.15. The summed E-state index contributed by atoms with van der Waals surface area (Å²) in [5.74, 6) is -1.57. The number of hydrogen-bond acceptors (Lipinski definition) is 5. The molecule has 0 radical (unpaired) electrons. The molecule has 2 bridgehead atoms. The van der Waals surface area contributed by atoms with Gasteiger partial charge >= 0.3 is 0 Å². The minimum atomic E-state index is -0.766. The van der Waals surface area contributed by atoms with Crippen molar-refractivity contribution in [3.8, 4) is 0 Å². The lowest BCUT2D eigenvalue weighted by Crippen LogP contribution is -2.59. The molecule has 1 aromatic rings. The van der Waals surface area contributed by atoms with Crippen molar-refractivity contribution < 1.29 is 19.5 Å². The van der Waals surface area contributed by atoms with Gasteiger partial charge in [-0.2, -0.15) is 0 Å². The number of rotatable bonds is 11. The van der Waals surface area contributed by atoms with E-state index in [1.165, 1.54) is 0 Å². The van der Waals surface area contributed by atoms with Crippen LogP contribution in [0.1, 0.15) is 39.2 Å². The van der Waals surface area contributed by atoms with E-state index in [2.05, 4.69) is 20.1 Å². The molecule has 0 aliphatic carbocycles. The number of carbonyl (C=O) groups is 3. The van der Waals surface area contributed by atoms with Gasteiger partial charge in [0.2, 0.25) is 17.7 Å². The molecule has 4 rings (SSSR count). The highest BCUT2D eigenvalue weighted by molar-refractivity contribution is 8.02. The number of benzene rings is 1. The fourth-order valence-corrected chi connectivity index (χ4v) is 9.25. The third-order valence-electron chi connectivity index (χ3n) is 8.64. The lowest BCUT2D eigenvalue weighted by molar-refractivity contribution is -0.147. The summed E-state index contributed by atoms with van der Waals surface area (Å²) in [6.45, 7) is 14.1. The number of nitrogens with zero attached hydrogens (tertiary/aromatic N) is 3. The second kappa shape index (κ2) is 10.9.